The molecular weight excluding hydrogens is 580 g/mol. The summed E-state index contributed by atoms with van der Waals surface area (Å²) < 4.78 is 25.1. The van der Waals surface area contributed by atoms with E-state index in [4.69, 9.17) is 18.9 Å². The molecule has 2 heterocycles. The van der Waals surface area contributed by atoms with Gasteiger partial charge in [0.2, 0.25) is 0 Å². The summed E-state index contributed by atoms with van der Waals surface area (Å²) >= 11 is 0. The SMILES string of the molecule is CC/C(O)=C/c1nc(=O)ccn1[C@@H]1O[C@H](COC(=O)c2ccccc2)[C@@H](OC(=O)c2ccccc2)[C@H]1OC(=O)c1ccccc1. The standard InChI is InChI=1S/C34H30N2O9/c1-2-25(37)20-27-35-28(38)18-19-36(27)31-30(45-34(41)24-16-10-5-11-17-24)29(44-33(40)23-14-8-4-9-15-23)26(43-31)21-42-32(39)22-12-6-3-7-13-22/h3-20,26,29-31,37H,2,21H2,1H3/b25-20-/t26-,29-,30-,31-/m1/s1. The molecule has 1 saturated heterocycles. The Bertz CT molecular complexity index is 1720. The molecule has 0 spiro atoms. The Morgan fingerprint density at radius 2 is 1.31 bits per heavy atom. The van der Waals surface area contributed by atoms with Gasteiger partial charge in [0, 0.05) is 24.8 Å². The van der Waals surface area contributed by atoms with Crippen LogP contribution in [0.2, 0.25) is 0 Å². The number of aromatic nitrogens is 2. The van der Waals surface area contributed by atoms with E-state index in [1.54, 1.807) is 97.9 Å². The first-order valence-corrected chi connectivity index (χ1v) is 14.2. The van der Waals surface area contributed by atoms with Crippen molar-refractivity contribution in [2.24, 2.45) is 0 Å². The van der Waals surface area contributed by atoms with Gasteiger partial charge < -0.3 is 28.6 Å². The monoisotopic (exact) mass is 610 g/mol. The average Bonchev–Trinajstić information content (AvgIpc) is 3.40. The van der Waals surface area contributed by atoms with Crippen LogP contribution in [0.1, 0.15) is 56.5 Å². The largest absolute Gasteiger partial charge is 0.512 e. The molecule has 11 heteroatoms. The summed E-state index contributed by atoms with van der Waals surface area (Å²) in [5.74, 6) is -2.18. The van der Waals surface area contributed by atoms with Crippen LogP contribution < -0.4 is 5.56 Å². The second kappa shape index (κ2) is 14.3. The fourth-order valence-corrected chi connectivity index (χ4v) is 4.68. The Morgan fingerprint density at radius 1 is 0.800 bits per heavy atom. The van der Waals surface area contributed by atoms with Gasteiger partial charge in [0.15, 0.2) is 18.4 Å². The van der Waals surface area contributed by atoms with Crippen molar-refractivity contribution in [3.05, 3.63) is 142 Å². The van der Waals surface area contributed by atoms with Crippen LogP contribution in [-0.4, -0.2) is 57.5 Å². The van der Waals surface area contributed by atoms with Crippen molar-refractivity contribution in [3.63, 3.8) is 0 Å². The van der Waals surface area contributed by atoms with E-state index in [0.29, 0.717) is 5.56 Å². The molecule has 1 aliphatic heterocycles. The number of aliphatic hydroxyl groups is 1. The van der Waals surface area contributed by atoms with E-state index in [0.717, 1.165) is 0 Å². The summed E-state index contributed by atoms with van der Waals surface area (Å²) in [6.45, 7) is 1.33. The lowest BCUT2D eigenvalue weighted by molar-refractivity contribution is -0.0629. The van der Waals surface area contributed by atoms with Crippen LogP contribution in [0.4, 0.5) is 0 Å². The van der Waals surface area contributed by atoms with Crippen LogP contribution in [0, 0.1) is 0 Å². The zero-order valence-electron chi connectivity index (χ0n) is 24.2. The van der Waals surface area contributed by atoms with E-state index in [1.165, 1.54) is 22.9 Å². The normalized spacial score (nSPS) is 19.4. The van der Waals surface area contributed by atoms with Crippen molar-refractivity contribution in [2.45, 2.75) is 37.9 Å². The lowest BCUT2D eigenvalue weighted by Gasteiger charge is -2.26. The van der Waals surface area contributed by atoms with Crippen LogP contribution in [0.15, 0.2) is 114 Å². The average molecular weight is 611 g/mol. The summed E-state index contributed by atoms with van der Waals surface area (Å²) in [6.07, 6.45) is -2.05. The molecule has 4 aromatic rings. The van der Waals surface area contributed by atoms with Gasteiger partial charge in [0.25, 0.3) is 5.56 Å². The van der Waals surface area contributed by atoms with Crippen molar-refractivity contribution >= 4 is 24.0 Å². The molecule has 45 heavy (non-hydrogen) atoms. The Kier molecular flexibility index (Phi) is 9.80. The predicted octanol–water partition coefficient (Wildman–Crippen LogP) is 4.76. The number of carbonyl (C=O) groups is 3. The fourth-order valence-electron chi connectivity index (χ4n) is 4.68. The number of esters is 3. The third-order valence-electron chi connectivity index (χ3n) is 6.98. The third-order valence-corrected chi connectivity index (χ3v) is 6.98. The topological polar surface area (TPSA) is 143 Å². The molecule has 5 rings (SSSR count). The van der Waals surface area contributed by atoms with Gasteiger partial charge in [-0.1, -0.05) is 61.5 Å². The molecule has 3 aromatic carbocycles. The minimum Gasteiger partial charge on any atom is -0.512 e. The molecule has 11 nitrogen and oxygen atoms in total. The molecule has 0 radical (unpaired) electrons. The van der Waals surface area contributed by atoms with E-state index in [9.17, 15) is 24.3 Å². The summed E-state index contributed by atoms with van der Waals surface area (Å²) in [5.41, 5.74) is 0.169. The van der Waals surface area contributed by atoms with Gasteiger partial charge in [-0.3, -0.25) is 4.79 Å². The second-order valence-electron chi connectivity index (χ2n) is 10.0. The lowest BCUT2D eigenvalue weighted by Crippen LogP contribution is -2.41. The Hall–Kier alpha value is -5.55. The Morgan fingerprint density at radius 3 is 1.84 bits per heavy atom. The van der Waals surface area contributed by atoms with Gasteiger partial charge in [-0.25, -0.2) is 14.4 Å². The van der Waals surface area contributed by atoms with E-state index in [-0.39, 0.29) is 35.7 Å². The number of aliphatic hydroxyl groups excluding tert-OH is 1. The highest BCUT2D eigenvalue weighted by Crippen LogP contribution is 2.36. The quantitative estimate of drug-likeness (QED) is 0.152. The molecule has 1 aromatic heterocycles. The highest BCUT2D eigenvalue weighted by Gasteiger charge is 2.51. The smallest absolute Gasteiger partial charge is 0.338 e. The number of hydrogen-bond acceptors (Lipinski definition) is 10. The number of carbonyl (C=O) groups excluding carboxylic acids is 3. The number of hydrogen-bond donors (Lipinski definition) is 1. The number of nitrogens with zero attached hydrogens (tertiary/aromatic N) is 2. The number of ether oxygens (including phenoxy) is 4. The van der Waals surface area contributed by atoms with E-state index in [2.05, 4.69) is 4.98 Å². The zero-order chi connectivity index (χ0) is 31.8. The molecule has 4 atom stereocenters. The van der Waals surface area contributed by atoms with Crippen LogP contribution >= 0.6 is 0 Å². The van der Waals surface area contributed by atoms with E-state index in [1.807, 2.05) is 0 Å². The van der Waals surface area contributed by atoms with Crippen molar-refractivity contribution < 1.29 is 38.4 Å². The van der Waals surface area contributed by atoms with Crippen molar-refractivity contribution in [3.8, 4) is 0 Å². The van der Waals surface area contributed by atoms with Gasteiger partial charge in [-0.2, -0.15) is 4.98 Å². The third kappa shape index (κ3) is 7.51. The van der Waals surface area contributed by atoms with Crippen LogP contribution in [0.3, 0.4) is 0 Å². The molecule has 230 valence electrons. The van der Waals surface area contributed by atoms with Gasteiger partial charge >= 0.3 is 17.9 Å². The molecular formula is C34H30N2O9. The van der Waals surface area contributed by atoms with Crippen LogP contribution in [0.5, 0.6) is 0 Å². The first-order chi connectivity index (χ1) is 21.8. The van der Waals surface area contributed by atoms with Crippen molar-refractivity contribution in [1.82, 2.24) is 9.55 Å². The summed E-state index contributed by atoms with van der Waals surface area (Å²) in [4.78, 5) is 55.8. The van der Waals surface area contributed by atoms with Gasteiger partial charge in [0.1, 0.15) is 18.5 Å². The highest BCUT2D eigenvalue weighted by molar-refractivity contribution is 5.91. The predicted molar refractivity (Wildman–Crippen MR) is 161 cm³/mol. The molecule has 0 bridgehead atoms. The van der Waals surface area contributed by atoms with Crippen molar-refractivity contribution in [1.29, 1.82) is 0 Å². The molecule has 1 N–H and O–H groups in total. The minimum absolute atomic E-state index is 0.00248. The maximum Gasteiger partial charge on any atom is 0.338 e. The molecule has 1 fully saturated rings. The molecule has 0 aliphatic carbocycles. The maximum absolute atomic E-state index is 13.4. The highest BCUT2D eigenvalue weighted by atomic mass is 16.7. The van der Waals surface area contributed by atoms with Gasteiger partial charge in [-0.05, 0) is 36.4 Å². The maximum atomic E-state index is 13.4. The first kappa shape index (κ1) is 30.9. The number of allylic oxidation sites excluding steroid dienone is 1. The Balaban J connectivity index is 1.55. The fraction of sp³-hybridized carbons (Fsp3) is 0.206. The summed E-state index contributed by atoms with van der Waals surface area (Å²) in [6, 6.07) is 25.9. The van der Waals surface area contributed by atoms with Gasteiger partial charge in [0.05, 0.1) is 22.4 Å². The lowest BCUT2D eigenvalue weighted by atomic mass is 10.1. The van der Waals surface area contributed by atoms with E-state index >= 15 is 0 Å². The van der Waals surface area contributed by atoms with Gasteiger partial charge in [-0.15, -0.1) is 0 Å². The van der Waals surface area contributed by atoms with Crippen molar-refractivity contribution in [2.75, 3.05) is 6.61 Å². The van der Waals surface area contributed by atoms with E-state index < -0.39 is 48.0 Å². The number of benzene rings is 3. The minimum atomic E-state index is -1.31. The molecule has 0 saturated carbocycles. The summed E-state index contributed by atoms with van der Waals surface area (Å²) in [7, 11) is 0. The molecule has 0 amide bonds. The molecule has 1 aliphatic rings. The van der Waals surface area contributed by atoms with Crippen LogP contribution in [0.25, 0.3) is 6.08 Å². The zero-order valence-corrected chi connectivity index (χ0v) is 24.2. The number of rotatable bonds is 10. The molecule has 0 unspecified atom stereocenters. The first-order valence-electron chi connectivity index (χ1n) is 14.2. The second-order valence-corrected chi connectivity index (χ2v) is 10.0. The summed E-state index contributed by atoms with van der Waals surface area (Å²) in [5, 5.41) is 10.3. The Labute approximate surface area is 258 Å². The van der Waals surface area contributed by atoms with Crippen LogP contribution in [-0.2, 0) is 18.9 Å².